The van der Waals surface area contributed by atoms with Crippen LogP contribution in [0.5, 0.6) is 5.75 Å². The van der Waals surface area contributed by atoms with Crippen molar-refractivity contribution in [3.63, 3.8) is 0 Å². The predicted molar refractivity (Wildman–Crippen MR) is 130 cm³/mol. The molecule has 0 aliphatic heterocycles. The topological polar surface area (TPSA) is 69.0 Å². The van der Waals surface area contributed by atoms with E-state index < -0.39 is 0 Å². The lowest BCUT2D eigenvalue weighted by Crippen LogP contribution is -2.15. The number of fused-ring (bicyclic) bond motifs is 1. The maximum Gasteiger partial charge on any atom is 0.234 e. The van der Waals surface area contributed by atoms with Crippen LogP contribution in [0, 0.1) is 6.92 Å². The summed E-state index contributed by atoms with van der Waals surface area (Å²) < 4.78 is 7.84. The number of nitrogens with one attached hydrogen (secondary N) is 1. The van der Waals surface area contributed by atoms with Crippen molar-refractivity contribution in [1.29, 1.82) is 0 Å². The minimum atomic E-state index is -0.216. The second-order valence-electron chi connectivity index (χ2n) is 7.12. The van der Waals surface area contributed by atoms with Crippen molar-refractivity contribution in [3.05, 3.63) is 76.0 Å². The van der Waals surface area contributed by atoms with Gasteiger partial charge < -0.3 is 14.6 Å². The van der Waals surface area contributed by atoms with Gasteiger partial charge in [-0.2, -0.15) is 0 Å². The number of carbonyl (C=O) groups is 1. The summed E-state index contributed by atoms with van der Waals surface area (Å²) in [5.74, 6) is 1.41. The van der Waals surface area contributed by atoms with Gasteiger partial charge in [-0.3, -0.25) is 4.79 Å². The molecule has 1 aromatic heterocycles. The highest BCUT2D eigenvalue weighted by Gasteiger charge is 2.14. The second-order valence-corrected chi connectivity index (χ2v) is 8.90. The fourth-order valence-corrected chi connectivity index (χ4v) is 4.28. The lowest BCUT2D eigenvalue weighted by atomic mass is 10.0. The largest absolute Gasteiger partial charge is 0.485 e. The van der Waals surface area contributed by atoms with Crippen molar-refractivity contribution in [3.8, 4) is 5.75 Å². The first kappa shape index (κ1) is 22.5. The SMILES string of the molecule is Cc1c(OCc2nnc(SCC(=O)Nc3cc(Cl)ccc3Cl)n2C)ccc2ccccc12. The lowest BCUT2D eigenvalue weighted by molar-refractivity contribution is -0.113. The zero-order valence-electron chi connectivity index (χ0n) is 17.4. The molecule has 1 amide bonds. The highest BCUT2D eigenvalue weighted by atomic mass is 35.5. The van der Waals surface area contributed by atoms with Crippen LogP contribution in [0.4, 0.5) is 5.69 Å². The van der Waals surface area contributed by atoms with Gasteiger partial charge in [0, 0.05) is 12.1 Å². The quantitative estimate of drug-likeness (QED) is 0.329. The molecule has 0 spiro atoms. The highest BCUT2D eigenvalue weighted by Crippen LogP contribution is 2.28. The van der Waals surface area contributed by atoms with Crippen LogP contribution in [0.1, 0.15) is 11.4 Å². The number of halogens is 2. The number of thioether (sulfide) groups is 1. The number of benzene rings is 3. The Bertz CT molecular complexity index is 1290. The fraction of sp³-hybridized carbons (Fsp3) is 0.174. The summed E-state index contributed by atoms with van der Waals surface area (Å²) >= 11 is 13.3. The van der Waals surface area contributed by atoms with Gasteiger partial charge in [-0.25, -0.2) is 0 Å². The normalized spacial score (nSPS) is 11.0. The van der Waals surface area contributed by atoms with Crippen molar-refractivity contribution < 1.29 is 9.53 Å². The smallest absolute Gasteiger partial charge is 0.234 e. The molecule has 32 heavy (non-hydrogen) atoms. The van der Waals surface area contributed by atoms with E-state index in [9.17, 15) is 4.79 Å². The van der Waals surface area contributed by atoms with E-state index >= 15 is 0 Å². The summed E-state index contributed by atoms with van der Waals surface area (Å²) in [6.45, 7) is 2.31. The van der Waals surface area contributed by atoms with Gasteiger partial charge in [0.1, 0.15) is 12.4 Å². The van der Waals surface area contributed by atoms with Gasteiger partial charge in [-0.05, 0) is 47.5 Å². The molecule has 4 rings (SSSR count). The first-order valence-electron chi connectivity index (χ1n) is 9.79. The molecular weight excluding hydrogens is 467 g/mol. The second kappa shape index (κ2) is 9.81. The van der Waals surface area contributed by atoms with E-state index in [0.29, 0.717) is 26.7 Å². The molecule has 0 radical (unpaired) electrons. The van der Waals surface area contributed by atoms with Crippen molar-refractivity contribution in [2.24, 2.45) is 7.05 Å². The van der Waals surface area contributed by atoms with Crippen LogP contribution in [0.15, 0.2) is 59.8 Å². The average molecular weight is 487 g/mol. The van der Waals surface area contributed by atoms with E-state index in [1.165, 1.54) is 17.1 Å². The zero-order chi connectivity index (χ0) is 22.7. The Morgan fingerprint density at radius 2 is 1.94 bits per heavy atom. The Hall–Kier alpha value is -2.74. The molecule has 9 heteroatoms. The lowest BCUT2D eigenvalue weighted by Gasteiger charge is -2.11. The van der Waals surface area contributed by atoms with E-state index in [-0.39, 0.29) is 18.3 Å². The van der Waals surface area contributed by atoms with Crippen LogP contribution < -0.4 is 10.1 Å². The number of nitrogens with zero attached hydrogens (tertiary/aromatic N) is 3. The summed E-state index contributed by atoms with van der Waals surface area (Å²) in [6.07, 6.45) is 0. The molecule has 0 bridgehead atoms. The van der Waals surface area contributed by atoms with E-state index in [1.807, 2.05) is 42.8 Å². The number of anilines is 1. The number of hydrogen-bond donors (Lipinski definition) is 1. The molecule has 0 saturated heterocycles. The summed E-state index contributed by atoms with van der Waals surface area (Å²) in [7, 11) is 1.85. The molecule has 0 unspecified atom stereocenters. The molecule has 6 nitrogen and oxygen atoms in total. The zero-order valence-corrected chi connectivity index (χ0v) is 19.8. The van der Waals surface area contributed by atoms with Crippen LogP contribution in [-0.4, -0.2) is 26.4 Å². The third-order valence-electron chi connectivity index (χ3n) is 4.97. The molecule has 0 aliphatic rings. The fourth-order valence-electron chi connectivity index (χ4n) is 3.21. The number of aromatic nitrogens is 3. The van der Waals surface area contributed by atoms with Gasteiger partial charge in [-0.15, -0.1) is 10.2 Å². The van der Waals surface area contributed by atoms with Crippen molar-refractivity contribution in [2.75, 3.05) is 11.1 Å². The van der Waals surface area contributed by atoms with Crippen LogP contribution in [0.2, 0.25) is 10.0 Å². The Kier molecular flexibility index (Phi) is 6.89. The monoisotopic (exact) mass is 486 g/mol. The third-order valence-corrected chi connectivity index (χ3v) is 6.55. The summed E-state index contributed by atoms with van der Waals surface area (Å²) in [5.41, 5.74) is 1.55. The minimum absolute atomic E-state index is 0.152. The Morgan fingerprint density at radius 3 is 2.78 bits per heavy atom. The van der Waals surface area contributed by atoms with Gasteiger partial charge >= 0.3 is 0 Å². The number of aryl methyl sites for hydroxylation is 1. The molecule has 3 aromatic carbocycles. The molecule has 1 heterocycles. The van der Waals surface area contributed by atoms with Crippen LogP contribution in [0.25, 0.3) is 10.8 Å². The summed E-state index contributed by atoms with van der Waals surface area (Å²) in [5, 5.41) is 15.0. The number of amides is 1. The van der Waals surface area contributed by atoms with Gasteiger partial charge in [0.05, 0.1) is 16.5 Å². The van der Waals surface area contributed by atoms with Crippen molar-refractivity contribution in [2.45, 2.75) is 18.7 Å². The predicted octanol–water partition coefficient (Wildman–Crippen LogP) is 5.89. The van der Waals surface area contributed by atoms with Gasteiger partial charge in [0.2, 0.25) is 5.91 Å². The van der Waals surface area contributed by atoms with E-state index in [1.54, 1.807) is 18.2 Å². The molecule has 0 fully saturated rings. The molecule has 4 aromatic rings. The van der Waals surface area contributed by atoms with Crippen molar-refractivity contribution in [1.82, 2.24) is 14.8 Å². The third kappa shape index (κ3) is 5.01. The van der Waals surface area contributed by atoms with Crippen LogP contribution in [0.3, 0.4) is 0 Å². The molecule has 0 saturated carbocycles. The van der Waals surface area contributed by atoms with E-state index in [2.05, 4.69) is 27.6 Å². The molecule has 1 N–H and O–H groups in total. The van der Waals surface area contributed by atoms with Crippen LogP contribution in [-0.2, 0) is 18.4 Å². The molecule has 0 aliphatic carbocycles. The summed E-state index contributed by atoms with van der Waals surface area (Å²) in [6, 6.07) is 17.1. The first-order valence-corrected chi connectivity index (χ1v) is 11.5. The van der Waals surface area contributed by atoms with Gasteiger partial charge in [-0.1, -0.05) is 65.3 Å². The number of rotatable bonds is 7. The Morgan fingerprint density at radius 1 is 1.12 bits per heavy atom. The number of carbonyl (C=O) groups excluding carboxylic acids is 1. The molecular formula is C23H20Cl2N4O2S. The van der Waals surface area contributed by atoms with Gasteiger partial charge in [0.25, 0.3) is 0 Å². The number of ether oxygens (including phenoxy) is 1. The Balaban J connectivity index is 1.37. The van der Waals surface area contributed by atoms with E-state index in [0.717, 1.165) is 16.7 Å². The Labute approximate surface area is 199 Å². The molecule has 0 atom stereocenters. The minimum Gasteiger partial charge on any atom is -0.485 e. The van der Waals surface area contributed by atoms with Crippen LogP contribution >= 0.6 is 35.0 Å². The first-order chi connectivity index (χ1) is 15.4. The highest BCUT2D eigenvalue weighted by molar-refractivity contribution is 7.99. The van der Waals surface area contributed by atoms with Gasteiger partial charge in [0.15, 0.2) is 11.0 Å². The summed E-state index contributed by atoms with van der Waals surface area (Å²) in [4.78, 5) is 12.3. The maximum atomic E-state index is 12.3. The molecule has 164 valence electrons. The maximum absolute atomic E-state index is 12.3. The standard InChI is InChI=1S/C23H20Cl2N4O2S/c1-14-17-6-4-3-5-15(17)7-10-20(14)31-12-21-27-28-23(29(21)2)32-13-22(30)26-19-11-16(24)8-9-18(19)25/h3-11H,12-13H2,1-2H3,(H,26,30). The number of hydrogen-bond acceptors (Lipinski definition) is 5. The average Bonchev–Trinajstić information content (AvgIpc) is 3.14. The van der Waals surface area contributed by atoms with Crippen molar-refractivity contribution >= 4 is 57.3 Å². The van der Waals surface area contributed by atoms with E-state index in [4.69, 9.17) is 27.9 Å².